The van der Waals surface area contributed by atoms with Gasteiger partial charge < -0.3 is 4.90 Å². The summed E-state index contributed by atoms with van der Waals surface area (Å²) in [6, 6.07) is 1.84. The number of fused-ring (bicyclic) bond motifs is 2. The van der Waals surface area contributed by atoms with Crippen molar-refractivity contribution in [3.8, 4) is 0 Å². The van der Waals surface area contributed by atoms with Gasteiger partial charge in [0.2, 0.25) is 17.8 Å². The Morgan fingerprint density at radius 1 is 0.933 bits per heavy atom. The van der Waals surface area contributed by atoms with Crippen LogP contribution >= 0.6 is 0 Å². The van der Waals surface area contributed by atoms with Crippen LogP contribution < -0.4 is 4.90 Å². The first-order chi connectivity index (χ1) is 14.7. The van der Waals surface area contributed by atoms with E-state index in [1.807, 2.05) is 6.07 Å². The zero-order valence-electron chi connectivity index (χ0n) is 17.8. The maximum Gasteiger partial charge on any atom is 0.236 e. The number of anilines is 1. The monoisotopic (exact) mass is 411 g/mol. The Hall–Kier alpha value is -2.02. The molecule has 1 atom stereocenters. The maximum atomic E-state index is 13.2. The number of likely N-dealkylation sites (tertiary alicyclic amines) is 1. The molecule has 0 aromatic carbocycles. The van der Waals surface area contributed by atoms with Gasteiger partial charge in [0.1, 0.15) is 0 Å². The fourth-order valence-electron chi connectivity index (χ4n) is 6.36. The second-order valence-electron chi connectivity index (χ2n) is 9.69. The Kier molecular flexibility index (Phi) is 5.48. The van der Waals surface area contributed by atoms with Crippen molar-refractivity contribution in [1.82, 2.24) is 19.8 Å². The number of unbranched alkanes of at least 4 members (excludes halogenated alkanes) is 1. The smallest absolute Gasteiger partial charge is 0.236 e. The fourth-order valence-corrected chi connectivity index (χ4v) is 6.36. The van der Waals surface area contributed by atoms with Gasteiger partial charge in [-0.25, -0.2) is 9.97 Å². The Labute approximate surface area is 178 Å². The van der Waals surface area contributed by atoms with E-state index in [1.165, 1.54) is 12.8 Å². The van der Waals surface area contributed by atoms with E-state index in [4.69, 9.17) is 0 Å². The van der Waals surface area contributed by atoms with Gasteiger partial charge in [0.05, 0.1) is 5.41 Å². The minimum absolute atomic E-state index is 0.0871. The zero-order chi connectivity index (χ0) is 20.6. The molecule has 2 aliphatic heterocycles. The van der Waals surface area contributed by atoms with Crippen LogP contribution in [-0.4, -0.2) is 70.9 Å². The number of amides is 2. The number of carbonyl (C=O) groups is 2. The van der Waals surface area contributed by atoms with Crippen molar-refractivity contribution in [2.24, 2.45) is 17.3 Å². The van der Waals surface area contributed by atoms with E-state index in [0.29, 0.717) is 24.8 Å². The molecule has 1 aromatic rings. The van der Waals surface area contributed by atoms with Crippen molar-refractivity contribution in [3.05, 3.63) is 18.5 Å². The summed E-state index contributed by atoms with van der Waals surface area (Å²) in [5.74, 6) is 2.19. The Bertz CT molecular complexity index is 771. The van der Waals surface area contributed by atoms with Crippen LogP contribution in [0.5, 0.6) is 0 Å². The summed E-state index contributed by atoms with van der Waals surface area (Å²) in [7, 11) is 0. The number of aromatic nitrogens is 2. The molecule has 5 aliphatic rings. The third-order valence-corrected chi connectivity index (χ3v) is 8.03. The molecule has 3 heterocycles. The third kappa shape index (κ3) is 3.61. The fraction of sp³-hybridized carbons (Fsp3) is 0.739. The molecule has 162 valence electrons. The number of rotatable bonds is 6. The normalized spacial score (nSPS) is 31.9. The Morgan fingerprint density at radius 2 is 1.63 bits per heavy atom. The number of imide groups is 1. The summed E-state index contributed by atoms with van der Waals surface area (Å²) in [5.41, 5.74) is -0.325. The molecule has 6 rings (SSSR count). The van der Waals surface area contributed by atoms with Gasteiger partial charge in [0.25, 0.3) is 0 Å². The maximum absolute atomic E-state index is 13.2. The molecule has 2 bridgehead atoms. The molecular formula is C23H33N5O2. The SMILES string of the molecule is O=C1C[C@@]2(CC3CCC2CC3)C(=O)N1CCCCN1CCN(c2ncccn2)CC1. The highest BCUT2D eigenvalue weighted by atomic mass is 16.2. The molecule has 30 heavy (non-hydrogen) atoms. The van der Waals surface area contributed by atoms with Crippen LogP contribution in [0.25, 0.3) is 0 Å². The molecule has 2 amide bonds. The summed E-state index contributed by atoms with van der Waals surface area (Å²) in [5, 5.41) is 0. The van der Waals surface area contributed by atoms with Crippen molar-refractivity contribution in [2.45, 2.75) is 51.4 Å². The highest BCUT2D eigenvalue weighted by Crippen LogP contribution is 2.57. The quantitative estimate of drug-likeness (QED) is 0.529. The minimum atomic E-state index is -0.325. The summed E-state index contributed by atoms with van der Waals surface area (Å²) in [4.78, 5) is 40.9. The standard InChI is InChI=1S/C23H33N5O2/c29-20-17-23(16-18-4-6-19(23)7-5-18)21(30)28(20)11-2-1-10-26-12-14-27(15-13-26)22-24-8-3-9-25-22/h3,8-9,18-19H,1-2,4-7,10-17H2/t18?,19?,23-/m1/s1. The summed E-state index contributed by atoms with van der Waals surface area (Å²) >= 11 is 0. The number of hydrogen-bond acceptors (Lipinski definition) is 6. The van der Waals surface area contributed by atoms with Crippen LogP contribution in [0.4, 0.5) is 5.95 Å². The molecule has 7 heteroatoms. The third-order valence-electron chi connectivity index (χ3n) is 8.03. The van der Waals surface area contributed by atoms with Gasteiger partial charge in [-0.3, -0.25) is 19.4 Å². The molecule has 1 spiro atoms. The van der Waals surface area contributed by atoms with E-state index in [1.54, 1.807) is 17.3 Å². The van der Waals surface area contributed by atoms with Crippen LogP contribution in [0.1, 0.15) is 51.4 Å². The Balaban J connectivity index is 1.06. The summed E-state index contributed by atoms with van der Waals surface area (Å²) < 4.78 is 0. The van der Waals surface area contributed by atoms with Gasteiger partial charge in [-0.05, 0) is 56.6 Å². The van der Waals surface area contributed by atoms with E-state index in [-0.39, 0.29) is 17.2 Å². The largest absolute Gasteiger partial charge is 0.338 e. The van der Waals surface area contributed by atoms with Crippen molar-refractivity contribution < 1.29 is 9.59 Å². The zero-order valence-corrected chi connectivity index (χ0v) is 17.8. The lowest BCUT2D eigenvalue weighted by Crippen LogP contribution is -2.48. The molecule has 5 fully saturated rings. The second kappa shape index (κ2) is 8.25. The lowest BCUT2D eigenvalue weighted by molar-refractivity contribution is -0.146. The van der Waals surface area contributed by atoms with Crippen LogP contribution in [0, 0.1) is 17.3 Å². The van der Waals surface area contributed by atoms with Gasteiger partial charge >= 0.3 is 0 Å². The van der Waals surface area contributed by atoms with Crippen molar-refractivity contribution in [1.29, 1.82) is 0 Å². The van der Waals surface area contributed by atoms with Crippen LogP contribution in [0.2, 0.25) is 0 Å². The molecule has 0 radical (unpaired) electrons. The molecule has 0 N–H and O–H groups in total. The molecule has 7 nitrogen and oxygen atoms in total. The molecular weight excluding hydrogens is 378 g/mol. The van der Waals surface area contributed by atoms with Gasteiger partial charge in [-0.1, -0.05) is 12.8 Å². The van der Waals surface area contributed by atoms with E-state index in [0.717, 1.165) is 70.8 Å². The number of carbonyl (C=O) groups excluding carboxylic acids is 2. The van der Waals surface area contributed by atoms with E-state index in [2.05, 4.69) is 19.8 Å². The van der Waals surface area contributed by atoms with Crippen LogP contribution in [-0.2, 0) is 9.59 Å². The van der Waals surface area contributed by atoms with Gasteiger partial charge in [-0.15, -0.1) is 0 Å². The highest BCUT2D eigenvalue weighted by Gasteiger charge is 2.59. The lowest BCUT2D eigenvalue weighted by atomic mass is 9.55. The van der Waals surface area contributed by atoms with E-state index in [9.17, 15) is 9.59 Å². The summed E-state index contributed by atoms with van der Waals surface area (Å²) in [6.45, 7) is 5.53. The molecule has 3 aliphatic carbocycles. The van der Waals surface area contributed by atoms with Crippen LogP contribution in [0.15, 0.2) is 18.5 Å². The van der Waals surface area contributed by atoms with Gasteiger partial charge in [-0.2, -0.15) is 0 Å². The predicted octanol–water partition coefficient (Wildman–Crippen LogP) is 2.33. The van der Waals surface area contributed by atoms with Gasteiger partial charge in [0.15, 0.2) is 0 Å². The van der Waals surface area contributed by atoms with Crippen molar-refractivity contribution in [2.75, 3.05) is 44.2 Å². The molecule has 0 unspecified atom stereocenters. The minimum Gasteiger partial charge on any atom is -0.338 e. The molecule has 3 saturated carbocycles. The van der Waals surface area contributed by atoms with Gasteiger partial charge in [0, 0.05) is 51.5 Å². The first-order valence-electron chi connectivity index (χ1n) is 11.7. The first kappa shape index (κ1) is 19.9. The van der Waals surface area contributed by atoms with Crippen molar-refractivity contribution >= 4 is 17.8 Å². The highest BCUT2D eigenvalue weighted by molar-refractivity contribution is 6.06. The number of hydrogen-bond donors (Lipinski definition) is 0. The number of nitrogens with zero attached hydrogens (tertiary/aromatic N) is 5. The molecule has 2 saturated heterocycles. The summed E-state index contributed by atoms with van der Waals surface area (Å²) in [6.07, 6.45) is 11.8. The first-order valence-corrected chi connectivity index (χ1v) is 11.7. The second-order valence-corrected chi connectivity index (χ2v) is 9.69. The average molecular weight is 412 g/mol. The van der Waals surface area contributed by atoms with E-state index < -0.39 is 0 Å². The van der Waals surface area contributed by atoms with Crippen LogP contribution in [0.3, 0.4) is 0 Å². The molecule has 1 aromatic heterocycles. The van der Waals surface area contributed by atoms with E-state index >= 15 is 0 Å². The van der Waals surface area contributed by atoms with Crippen molar-refractivity contribution in [3.63, 3.8) is 0 Å². The predicted molar refractivity (Wildman–Crippen MR) is 114 cm³/mol. The topological polar surface area (TPSA) is 69.6 Å². The average Bonchev–Trinajstić information content (AvgIpc) is 3.02. The number of piperazine rings is 1. The lowest BCUT2D eigenvalue weighted by Gasteiger charge is -2.48. The Morgan fingerprint density at radius 3 is 2.30 bits per heavy atom.